The van der Waals surface area contributed by atoms with Crippen LogP contribution >= 0.6 is 0 Å². The third-order valence-corrected chi connectivity index (χ3v) is 13.3. The van der Waals surface area contributed by atoms with Crippen molar-refractivity contribution in [2.24, 2.45) is 0 Å². The molecule has 10 nitrogen and oxygen atoms in total. The third-order valence-electron chi connectivity index (χ3n) is 11.4. The molecule has 0 amide bonds. The fraction of sp³-hybridized carbons (Fsp3) is 0.538. The normalized spacial score (nSPS) is 11.4. The summed E-state index contributed by atoms with van der Waals surface area (Å²) in [6.45, 7) is 4.48. The molecule has 0 heterocycles. The van der Waals surface area contributed by atoms with E-state index < -0.39 is 20.2 Å². The second-order valence-corrected chi connectivity index (χ2v) is 19.6. The van der Waals surface area contributed by atoms with Crippen LogP contribution in [0.3, 0.4) is 0 Å². The fourth-order valence-corrected chi connectivity index (χ4v) is 9.22. The van der Waals surface area contributed by atoms with E-state index in [0.29, 0.717) is 41.2 Å². The van der Waals surface area contributed by atoms with E-state index in [1.54, 1.807) is 48.5 Å². The van der Waals surface area contributed by atoms with Gasteiger partial charge < -0.3 is 24.2 Å². The zero-order chi connectivity index (χ0) is 46.5. The van der Waals surface area contributed by atoms with Crippen molar-refractivity contribution >= 4 is 58.0 Å². The Bertz CT molecular complexity index is 1970. The molecule has 0 aromatic heterocycles. The average molecular weight is 963 g/mol. The van der Waals surface area contributed by atoms with Gasteiger partial charge in [0.1, 0.15) is 27.4 Å². The Morgan fingerprint density at radius 1 is 0.477 bits per heavy atom. The summed E-state index contributed by atoms with van der Waals surface area (Å²) in [5.41, 5.74) is 0.987. The van der Waals surface area contributed by atoms with E-state index in [-0.39, 0.29) is 64.8 Å². The van der Waals surface area contributed by atoms with Crippen LogP contribution < -0.4 is 14.6 Å². The van der Waals surface area contributed by atoms with Gasteiger partial charge >= 0.3 is 37.7 Å². The van der Waals surface area contributed by atoms with Crippen LogP contribution in [0.5, 0.6) is 34.5 Å². The number of aryl methyl sites for hydroxylation is 2. The molecule has 0 saturated heterocycles. The first-order valence-corrected chi connectivity index (χ1v) is 26.8. The van der Waals surface area contributed by atoms with E-state index in [1.165, 1.54) is 152 Å². The topological polar surface area (TPSA) is 173 Å². The Morgan fingerprint density at radius 2 is 0.831 bits per heavy atom. The molecule has 0 unspecified atom stereocenters. The molecule has 2 N–H and O–H groups in total. The first-order chi connectivity index (χ1) is 30.8. The SMILES string of the molecule is CCCCCCCCCCCCCCc1cc(Oc2ccccc2O)ccc1S(=O)(=O)O.CCCCCCCCCCCCCCc1cc(Oc2ccccc2[O-])ccc1S(=O)(=O)[O-].[Ca+2]. The van der Waals surface area contributed by atoms with Gasteiger partial charge in [0.2, 0.25) is 0 Å². The van der Waals surface area contributed by atoms with E-state index in [9.17, 15) is 36.2 Å². The zero-order valence-electron chi connectivity index (χ0n) is 39.2. The summed E-state index contributed by atoms with van der Waals surface area (Å²) >= 11 is 0. The Balaban J connectivity index is 0.000000440. The number of hydrogen-bond donors (Lipinski definition) is 2. The molecule has 0 atom stereocenters. The number of benzene rings is 4. The van der Waals surface area contributed by atoms with Crippen molar-refractivity contribution in [1.29, 1.82) is 0 Å². The summed E-state index contributed by atoms with van der Waals surface area (Å²) in [6, 6.07) is 21.6. The van der Waals surface area contributed by atoms with Gasteiger partial charge in [0, 0.05) is 0 Å². The van der Waals surface area contributed by atoms with Crippen molar-refractivity contribution < 1.29 is 45.6 Å². The molecule has 0 aliphatic heterocycles. The number of ether oxygens (including phenoxy) is 2. The molecule has 4 aromatic carbocycles. The van der Waals surface area contributed by atoms with E-state index in [0.717, 1.165) is 38.5 Å². The van der Waals surface area contributed by atoms with Gasteiger partial charge in [0.15, 0.2) is 11.5 Å². The molecule has 0 bridgehead atoms. The van der Waals surface area contributed by atoms with Gasteiger partial charge in [-0.25, -0.2) is 8.42 Å². The number of aromatic hydroxyl groups is 1. The van der Waals surface area contributed by atoms with E-state index in [4.69, 9.17) is 9.47 Å². The van der Waals surface area contributed by atoms with Crippen LogP contribution in [0.15, 0.2) is 94.7 Å². The van der Waals surface area contributed by atoms with E-state index >= 15 is 0 Å². The van der Waals surface area contributed by atoms with Crippen LogP contribution in [0.4, 0.5) is 0 Å². The minimum absolute atomic E-state index is 0. The standard InChI is InChI=1S/2C26H38O5S.Ca/c2*1-2-3-4-5-6-7-8-9-10-11-12-13-16-22-21-23(19-20-26(22)32(28,29)30)31-25-18-15-14-17-24(25)27;/h2*14-15,17-21,27H,2-13,16H2,1H3,(H,28,29,30);/q;;+2/p-2. The first kappa shape index (κ1) is 58.3. The third kappa shape index (κ3) is 24.7. The van der Waals surface area contributed by atoms with Crippen molar-refractivity contribution in [3.05, 3.63) is 96.1 Å². The van der Waals surface area contributed by atoms with Gasteiger partial charge in [-0.05, 0) is 91.4 Å². The molecule has 0 spiro atoms. The predicted molar refractivity (Wildman–Crippen MR) is 260 cm³/mol. The van der Waals surface area contributed by atoms with Gasteiger partial charge in [0.25, 0.3) is 10.1 Å². The first-order valence-electron chi connectivity index (χ1n) is 23.9. The maximum absolute atomic E-state index is 11.9. The van der Waals surface area contributed by atoms with Crippen molar-refractivity contribution in [3.63, 3.8) is 0 Å². The molecule has 0 aliphatic rings. The van der Waals surface area contributed by atoms with Crippen LogP contribution in [-0.2, 0) is 33.1 Å². The minimum Gasteiger partial charge on any atom is -0.870 e. The second-order valence-electron chi connectivity index (χ2n) is 16.9. The van der Waals surface area contributed by atoms with Crippen molar-refractivity contribution in [2.45, 2.75) is 191 Å². The quantitative estimate of drug-likeness (QED) is 0.0272. The molecular weight excluding hydrogens is 889 g/mol. The molecule has 13 heteroatoms. The number of hydrogen-bond acceptors (Lipinski definition) is 9. The maximum Gasteiger partial charge on any atom is 2.00 e. The van der Waals surface area contributed by atoms with Gasteiger partial charge in [0.05, 0.1) is 9.79 Å². The van der Waals surface area contributed by atoms with Crippen LogP contribution in [0, 0.1) is 0 Å². The number of unbranched alkanes of at least 4 members (excludes halogenated alkanes) is 22. The fourth-order valence-electron chi connectivity index (χ4n) is 7.77. The molecule has 4 aromatic rings. The Morgan fingerprint density at radius 3 is 1.23 bits per heavy atom. The summed E-state index contributed by atoms with van der Waals surface area (Å²) < 4.78 is 79.4. The summed E-state index contributed by atoms with van der Waals surface area (Å²) in [5, 5.41) is 21.8. The molecule has 0 fully saturated rings. The summed E-state index contributed by atoms with van der Waals surface area (Å²) in [6.07, 6.45) is 30.4. The minimum atomic E-state index is -4.56. The molecule has 0 radical (unpaired) electrons. The van der Waals surface area contributed by atoms with E-state index in [2.05, 4.69) is 13.8 Å². The largest absolute Gasteiger partial charge is 2.00 e. The Labute approximate surface area is 421 Å². The molecule has 356 valence electrons. The van der Waals surface area contributed by atoms with Crippen LogP contribution in [0.25, 0.3) is 0 Å². The number of phenolic OH excluding ortho intramolecular Hbond substituents is 1. The Kier molecular flexibility index (Phi) is 30.1. The maximum atomic E-state index is 11.9. The molecular formula is C52H74CaO10S2. The number of rotatable bonds is 32. The molecule has 65 heavy (non-hydrogen) atoms. The summed E-state index contributed by atoms with van der Waals surface area (Å²) in [4.78, 5) is -0.284. The monoisotopic (exact) mass is 962 g/mol. The Hall–Kier alpha value is -2.84. The average Bonchev–Trinajstić information content (AvgIpc) is 3.25. The number of para-hydroxylation sites is 4. The van der Waals surface area contributed by atoms with Crippen LogP contribution in [0.2, 0.25) is 0 Å². The van der Waals surface area contributed by atoms with E-state index in [1.807, 2.05) is 0 Å². The summed E-state index contributed by atoms with van der Waals surface area (Å²) in [5.74, 6) is 0.997. The van der Waals surface area contributed by atoms with Crippen molar-refractivity contribution in [1.82, 2.24) is 0 Å². The van der Waals surface area contributed by atoms with Crippen molar-refractivity contribution in [2.75, 3.05) is 0 Å². The number of phenols is 1. The molecule has 4 rings (SSSR count). The zero-order valence-corrected chi connectivity index (χ0v) is 43.0. The van der Waals surface area contributed by atoms with Gasteiger partial charge in [-0.2, -0.15) is 8.42 Å². The van der Waals surface area contributed by atoms with Crippen LogP contribution in [-0.4, -0.2) is 68.8 Å². The van der Waals surface area contributed by atoms with Gasteiger partial charge in [-0.1, -0.05) is 191 Å². The summed E-state index contributed by atoms with van der Waals surface area (Å²) in [7, 11) is -8.87. The molecule has 0 saturated carbocycles. The van der Waals surface area contributed by atoms with Crippen molar-refractivity contribution in [3.8, 4) is 34.5 Å². The van der Waals surface area contributed by atoms with Gasteiger partial charge in [-0.3, -0.25) is 4.55 Å². The predicted octanol–water partition coefficient (Wildman–Crippen LogP) is 14.0. The van der Waals surface area contributed by atoms with Crippen LogP contribution in [0.1, 0.15) is 179 Å². The van der Waals surface area contributed by atoms with Gasteiger partial charge in [-0.15, -0.1) is 0 Å². The smallest absolute Gasteiger partial charge is 0.870 e. The molecule has 0 aliphatic carbocycles. The second kappa shape index (κ2) is 33.6.